The first-order valence-corrected chi connectivity index (χ1v) is 12.7. The van der Waals surface area contributed by atoms with Gasteiger partial charge in [-0.2, -0.15) is 0 Å². The van der Waals surface area contributed by atoms with Crippen molar-refractivity contribution < 1.29 is 8.42 Å². The molecule has 1 N–H and O–H groups in total. The van der Waals surface area contributed by atoms with E-state index < -0.39 is 10.0 Å². The molecule has 2 fully saturated rings. The zero-order valence-corrected chi connectivity index (χ0v) is 17.4. The quantitative estimate of drug-likeness (QED) is 0.790. The van der Waals surface area contributed by atoms with Crippen molar-refractivity contribution in [1.29, 1.82) is 0 Å². The van der Waals surface area contributed by atoms with Gasteiger partial charge in [-0.25, -0.2) is 13.1 Å². The normalized spacial score (nSPS) is 27.2. The number of piperidine rings is 1. The molecule has 1 atom stereocenters. The third-order valence-electron chi connectivity index (χ3n) is 7.27. The summed E-state index contributed by atoms with van der Waals surface area (Å²) < 4.78 is 26.5. The molecule has 1 aromatic rings. The number of sulfonamides is 1. The Hall–Kier alpha value is -0.910. The van der Waals surface area contributed by atoms with Crippen molar-refractivity contribution in [3.8, 4) is 0 Å². The molecule has 1 aromatic carbocycles. The molecule has 0 bridgehead atoms. The smallest absolute Gasteiger partial charge is 0.209 e. The van der Waals surface area contributed by atoms with E-state index in [9.17, 15) is 8.42 Å². The van der Waals surface area contributed by atoms with Crippen molar-refractivity contribution in [3.05, 3.63) is 35.4 Å². The highest BCUT2D eigenvalue weighted by Gasteiger charge is 2.43. The van der Waals surface area contributed by atoms with Crippen LogP contribution in [0, 0.1) is 0 Å². The Kier molecular flexibility index (Phi) is 5.64. The molecule has 1 saturated heterocycles. The van der Waals surface area contributed by atoms with Crippen molar-refractivity contribution in [1.82, 2.24) is 9.62 Å². The van der Waals surface area contributed by atoms with Crippen LogP contribution in [0.15, 0.2) is 24.3 Å². The van der Waals surface area contributed by atoms with Gasteiger partial charge in [0.05, 0.1) is 6.26 Å². The Bertz CT molecular complexity index is 745. The number of fused-ring (bicyclic) bond motifs is 2. The highest BCUT2D eigenvalue weighted by molar-refractivity contribution is 7.88. The van der Waals surface area contributed by atoms with E-state index in [1.54, 1.807) is 0 Å². The third kappa shape index (κ3) is 4.25. The van der Waals surface area contributed by atoms with E-state index in [0.29, 0.717) is 0 Å². The molecular weight excluding hydrogens is 356 g/mol. The molecule has 0 radical (unpaired) electrons. The van der Waals surface area contributed by atoms with Crippen molar-refractivity contribution in [2.75, 3.05) is 19.3 Å². The SMILES string of the molecule is CS(=O)(=O)N[C@H]1CCC2(CCN(C3CCCCCC3)CC2)c2ccccc21. The van der Waals surface area contributed by atoms with Gasteiger partial charge in [-0.15, -0.1) is 0 Å². The van der Waals surface area contributed by atoms with E-state index in [0.717, 1.165) is 18.9 Å². The van der Waals surface area contributed by atoms with E-state index in [4.69, 9.17) is 0 Å². The Morgan fingerprint density at radius 2 is 1.63 bits per heavy atom. The second-order valence-electron chi connectivity index (χ2n) is 9.03. The van der Waals surface area contributed by atoms with Crippen LogP contribution in [0.2, 0.25) is 0 Å². The van der Waals surface area contributed by atoms with E-state index in [-0.39, 0.29) is 11.5 Å². The molecule has 5 heteroatoms. The molecule has 1 aliphatic heterocycles. The van der Waals surface area contributed by atoms with Crippen LogP contribution < -0.4 is 4.72 Å². The molecule has 2 aliphatic carbocycles. The number of likely N-dealkylation sites (tertiary alicyclic amines) is 1. The lowest BCUT2D eigenvalue weighted by Gasteiger charge is -2.48. The molecular formula is C22H34N2O2S. The van der Waals surface area contributed by atoms with Crippen molar-refractivity contribution in [2.24, 2.45) is 0 Å². The predicted molar refractivity (Wildman–Crippen MR) is 110 cm³/mol. The summed E-state index contributed by atoms with van der Waals surface area (Å²) in [7, 11) is -3.19. The number of rotatable bonds is 3. The van der Waals surface area contributed by atoms with Crippen molar-refractivity contribution in [3.63, 3.8) is 0 Å². The van der Waals surface area contributed by atoms with Crippen LogP contribution >= 0.6 is 0 Å². The van der Waals surface area contributed by atoms with Gasteiger partial charge in [0.15, 0.2) is 0 Å². The van der Waals surface area contributed by atoms with Crippen LogP contribution in [0.1, 0.15) is 81.4 Å². The topological polar surface area (TPSA) is 49.4 Å². The van der Waals surface area contributed by atoms with Crippen LogP contribution in [-0.4, -0.2) is 38.7 Å². The zero-order valence-electron chi connectivity index (χ0n) is 16.6. The summed E-state index contributed by atoms with van der Waals surface area (Å²) in [6.45, 7) is 2.40. The Morgan fingerprint density at radius 1 is 0.963 bits per heavy atom. The van der Waals surface area contributed by atoms with Gasteiger partial charge in [-0.1, -0.05) is 49.9 Å². The second-order valence-corrected chi connectivity index (χ2v) is 10.8. The molecule has 3 aliphatic rings. The lowest BCUT2D eigenvalue weighted by molar-refractivity contribution is 0.0942. The van der Waals surface area contributed by atoms with E-state index in [2.05, 4.69) is 33.9 Å². The minimum Gasteiger partial charge on any atom is -0.300 e. The summed E-state index contributed by atoms with van der Waals surface area (Å²) >= 11 is 0. The van der Waals surface area contributed by atoms with E-state index >= 15 is 0 Å². The molecule has 1 spiro atoms. The lowest BCUT2D eigenvalue weighted by atomic mass is 9.63. The fourth-order valence-corrected chi connectivity index (χ4v) is 6.60. The first kappa shape index (κ1) is 19.4. The fourth-order valence-electron chi connectivity index (χ4n) is 5.83. The zero-order chi connectivity index (χ0) is 18.9. The first-order chi connectivity index (χ1) is 13.0. The number of benzene rings is 1. The highest BCUT2D eigenvalue weighted by Crippen LogP contribution is 2.48. The molecule has 27 heavy (non-hydrogen) atoms. The predicted octanol–water partition coefficient (Wildman–Crippen LogP) is 4.13. The van der Waals surface area contributed by atoms with Gasteiger partial charge in [-0.3, -0.25) is 0 Å². The number of hydrogen-bond acceptors (Lipinski definition) is 3. The number of hydrogen-bond donors (Lipinski definition) is 1. The molecule has 4 nitrogen and oxygen atoms in total. The Morgan fingerprint density at radius 3 is 2.30 bits per heavy atom. The van der Waals surface area contributed by atoms with Gasteiger partial charge < -0.3 is 4.90 Å². The van der Waals surface area contributed by atoms with E-state index in [1.807, 2.05) is 0 Å². The molecule has 0 unspecified atom stereocenters. The largest absolute Gasteiger partial charge is 0.300 e. The van der Waals surface area contributed by atoms with Crippen molar-refractivity contribution in [2.45, 2.75) is 81.7 Å². The molecule has 4 rings (SSSR count). The third-order valence-corrected chi connectivity index (χ3v) is 7.98. The maximum atomic E-state index is 11.8. The molecule has 150 valence electrons. The van der Waals surface area contributed by atoms with Crippen LogP contribution in [0.3, 0.4) is 0 Å². The summed E-state index contributed by atoms with van der Waals surface area (Å²) in [6.07, 6.45) is 14.1. The fraction of sp³-hybridized carbons (Fsp3) is 0.727. The standard InChI is InChI=1S/C22H34N2O2S/c1-27(25,26)23-21-12-13-22(20-11-7-6-10-19(20)21)14-16-24(17-15-22)18-8-4-2-3-5-9-18/h6-7,10-11,18,21,23H,2-5,8-9,12-17H2,1H3/t21-/m0/s1. The van der Waals surface area contributed by atoms with Crippen molar-refractivity contribution >= 4 is 10.0 Å². The van der Waals surface area contributed by atoms with Crippen LogP contribution in [0.25, 0.3) is 0 Å². The second kappa shape index (κ2) is 7.84. The average Bonchev–Trinajstić information content (AvgIpc) is 2.94. The summed E-state index contributed by atoms with van der Waals surface area (Å²) in [5.41, 5.74) is 2.85. The van der Waals surface area contributed by atoms with E-state index in [1.165, 1.54) is 81.8 Å². The highest BCUT2D eigenvalue weighted by atomic mass is 32.2. The van der Waals surface area contributed by atoms with Gasteiger partial charge in [0.2, 0.25) is 10.0 Å². The Labute approximate surface area is 164 Å². The van der Waals surface area contributed by atoms with Gasteiger partial charge in [0.1, 0.15) is 0 Å². The minimum absolute atomic E-state index is 0.0679. The summed E-state index contributed by atoms with van der Waals surface area (Å²) in [6, 6.07) is 9.30. The molecule has 0 aromatic heterocycles. The van der Waals surface area contributed by atoms with Gasteiger partial charge >= 0.3 is 0 Å². The molecule has 1 heterocycles. The summed E-state index contributed by atoms with van der Waals surface area (Å²) in [4.78, 5) is 2.76. The van der Waals surface area contributed by atoms with Crippen LogP contribution in [0.5, 0.6) is 0 Å². The monoisotopic (exact) mass is 390 g/mol. The van der Waals surface area contributed by atoms with Crippen LogP contribution in [-0.2, 0) is 15.4 Å². The first-order valence-electron chi connectivity index (χ1n) is 10.8. The maximum absolute atomic E-state index is 11.8. The maximum Gasteiger partial charge on any atom is 0.209 e. The lowest BCUT2D eigenvalue weighted by Crippen LogP contribution is -2.49. The van der Waals surface area contributed by atoms with Crippen LogP contribution in [0.4, 0.5) is 0 Å². The minimum atomic E-state index is -3.19. The molecule has 1 saturated carbocycles. The molecule has 0 amide bonds. The van der Waals surface area contributed by atoms with Gasteiger partial charge in [-0.05, 0) is 68.2 Å². The summed E-state index contributed by atoms with van der Waals surface area (Å²) in [5.74, 6) is 0. The Balaban J connectivity index is 1.51. The van der Waals surface area contributed by atoms with Gasteiger partial charge in [0.25, 0.3) is 0 Å². The summed E-state index contributed by atoms with van der Waals surface area (Å²) in [5, 5.41) is 0. The average molecular weight is 391 g/mol. The van der Waals surface area contributed by atoms with Gasteiger partial charge in [0, 0.05) is 12.1 Å². The number of nitrogens with zero attached hydrogens (tertiary/aromatic N) is 1. The number of nitrogens with one attached hydrogen (secondary N) is 1.